The van der Waals surface area contributed by atoms with Gasteiger partial charge in [-0.15, -0.1) is 0 Å². The summed E-state index contributed by atoms with van der Waals surface area (Å²) in [5, 5.41) is 3.07. The zero-order valence-electron chi connectivity index (χ0n) is 23.0. The standard InChI is InChI=1S/C32H40N2O4/c1-5-6-19-33-32(36)28(21-25-12-8-7-9-13-25)34(23-27-14-10-11-24(2)20-27)31(35)18-16-26-15-17-29(37-3)30(22-26)38-4/h7-15,17,20,22,28H,5-6,16,18-19,21,23H2,1-4H3,(H,33,36). The zero-order chi connectivity index (χ0) is 27.3. The normalized spacial score (nSPS) is 11.5. The summed E-state index contributed by atoms with van der Waals surface area (Å²) in [7, 11) is 3.20. The van der Waals surface area contributed by atoms with E-state index >= 15 is 0 Å². The molecular formula is C32H40N2O4. The van der Waals surface area contributed by atoms with E-state index in [0.29, 0.717) is 37.4 Å². The molecule has 0 bridgehead atoms. The summed E-state index contributed by atoms with van der Waals surface area (Å²) in [6.07, 6.45) is 3.14. The predicted molar refractivity (Wildman–Crippen MR) is 151 cm³/mol. The second-order valence-corrected chi connectivity index (χ2v) is 9.55. The lowest BCUT2D eigenvalue weighted by Crippen LogP contribution is -2.50. The summed E-state index contributed by atoms with van der Waals surface area (Å²) in [6, 6.07) is 23.1. The second kappa shape index (κ2) is 14.8. The van der Waals surface area contributed by atoms with Crippen LogP contribution >= 0.6 is 0 Å². The summed E-state index contributed by atoms with van der Waals surface area (Å²) >= 11 is 0. The van der Waals surface area contributed by atoms with Crippen LogP contribution < -0.4 is 14.8 Å². The van der Waals surface area contributed by atoms with Crippen molar-refractivity contribution in [1.82, 2.24) is 10.2 Å². The number of nitrogens with one attached hydrogen (secondary N) is 1. The van der Waals surface area contributed by atoms with E-state index in [4.69, 9.17) is 9.47 Å². The van der Waals surface area contributed by atoms with E-state index in [1.54, 1.807) is 19.1 Å². The lowest BCUT2D eigenvalue weighted by atomic mass is 10.0. The minimum atomic E-state index is -0.618. The molecule has 0 spiro atoms. The van der Waals surface area contributed by atoms with Gasteiger partial charge >= 0.3 is 0 Å². The molecule has 0 fully saturated rings. The third-order valence-corrected chi connectivity index (χ3v) is 6.61. The largest absolute Gasteiger partial charge is 0.493 e. The highest BCUT2D eigenvalue weighted by atomic mass is 16.5. The number of carbonyl (C=O) groups is 2. The Hall–Kier alpha value is -3.80. The van der Waals surface area contributed by atoms with E-state index in [9.17, 15) is 9.59 Å². The minimum absolute atomic E-state index is 0.0622. The van der Waals surface area contributed by atoms with Crippen molar-refractivity contribution in [3.8, 4) is 11.5 Å². The fourth-order valence-electron chi connectivity index (χ4n) is 4.50. The Labute approximate surface area is 227 Å². The molecule has 6 nitrogen and oxygen atoms in total. The van der Waals surface area contributed by atoms with Gasteiger partial charge in [-0.05, 0) is 48.6 Å². The molecule has 38 heavy (non-hydrogen) atoms. The van der Waals surface area contributed by atoms with Crippen LogP contribution in [0, 0.1) is 6.92 Å². The lowest BCUT2D eigenvalue weighted by molar-refractivity contribution is -0.141. The van der Waals surface area contributed by atoms with E-state index in [-0.39, 0.29) is 18.2 Å². The predicted octanol–water partition coefficient (Wildman–Crippen LogP) is 5.50. The number of hydrogen-bond acceptors (Lipinski definition) is 4. The SMILES string of the molecule is CCCCNC(=O)C(Cc1ccccc1)N(Cc1cccc(C)c1)C(=O)CCc1ccc(OC)c(OC)c1. The van der Waals surface area contributed by atoms with Crippen LogP contribution in [0.4, 0.5) is 0 Å². The molecule has 3 aromatic carbocycles. The van der Waals surface area contributed by atoms with Crippen LogP contribution in [-0.4, -0.2) is 43.5 Å². The number of aryl methyl sites for hydroxylation is 2. The first-order valence-corrected chi connectivity index (χ1v) is 13.3. The average molecular weight is 517 g/mol. The van der Waals surface area contributed by atoms with Crippen LogP contribution in [-0.2, 0) is 29.0 Å². The van der Waals surface area contributed by atoms with Crippen molar-refractivity contribution in [2.75, 3.05) is 20.8 Å². The fourth-order valence-corrected chi connectivity index (χ4v) is 4.50. The third kappa shape index (κ3) is 8.37. The van der Waals surface area contributed by atoms with Crippen LogP contribution in [0.25, 0.3) is 0 Å². The highest BCUT2D eigenvalue weighted by molar-refractivity contribution is 5.88. The Kier molecular flexibility index (Phi) is 11.2. The van der Waals surface area contributed by atoms with E-state index in [0.717, 1.165) is 35.1 Å². The molecule has 0 aliphatic rings. The highest BCUT2D eigenvalue weighted by Gasteiger charge is 2.30. The van der Waals surface area contributed by atoms with Gasteiger partial charge in [0.25, 0.3) is 0 Å². The van der Waals surface area contributed by atoms with Gasteiger partial charge < -0.3 is 19.7 Å². The summed E-state index contributed by atoms with van der Waals surface area (Å²) < 4.78 is 10.8. The van der Waals surface area contributed by atoms with E-state index in [2.05, 4.69) is 18.3 Å². The molecule has 0 saturated heterocycles. The Bertz CT molecular complexity index is 1180. The molecule has 2 amide bonds. The number of carbonyl (C=O) groups excluding carboxylic acids is 2. The molecule has 0 aromatic heterocycles. The van der Waals surface area contributed by atoms with Gasteiger partial charge in [0, 0.05) is 25.9 Å². The van der Waals surface area contributed by atoms with Crippen molar-refractivity contribution in [1.29, 1.82) is 0 Å². The van der Waals surface area contributed by atoms with Gasteiger partial charge in [-0.25, -0.2) is 0 Å². The number of rotatable bonds is 14. The first-order chi connectivity index (χ1) is 18.4. The van der Waals surface area contributed by atoms with Crippen molar-refractivity contribution in [3.63, 3.8) is 0 Å². The molecule has 0 aliphatic carbocycles. The van der Waals surface area contributed by atoms with Crippen LogP contribution in [0.15, 0.2) is 72.8 Å². The summed E-state index contributed by atoms with van der Waals surface area (Å²) in [4.78, 5) is 29.1. The molecule has 1 N–H and O–H groups in total. The van der Waals surface area contributed by atoms with Gasteiger partial charge in [-0.3, -0.25) is 9.59 Å². The molecule has 6 heteroatoms. The topological polar surface area (TPSA) is 67.9 Å². The summed E-state index contributed by atoms with van der Waals surface area (Å²) in [6.45, 7) is 5.09. The molecule has 1 unspecified atom stereocenters. The zero-order valence-corrected chi connectivity index (χ0v) is 23.0. The van der Waals surface area contributed by atoms with Gasteiger partial charge in [0.2, 0.25) is 11.8 Å². The maximum atomic E-state index is 13.8. The molecule has 0 radical (unpaired) electrons. The number of ether oxygens (including phenoxy) is 2. The number of amides is 2. The number of benzene rings is 3. The Morgan fingerprint density at radius 3 is 2.29 bits per heavy atom. The summed E-state index contributed by atoms with van der Waals surface area (Å²) in [5.41, 5.74) is 4.11. The van der Waals surface area contributed by atoms with E-state index in [1.165, 1.54) is 0 Å². The average Bonchev–Trinajstić information content (AvgIpc) is 2.94. The van der Waals surface area contributed by atoms with E-state index in [1.807, 2.05) is 73.7 Å². The van der Waals surface area contributed by atoms with Crippen LogP contribution in [0.5, 0.6) is 11.5 Å². The monoisotopic (exact) mass is 516 g/mol. The number of methoxy groups -OCH3 is 2. The van der Waals surface area contributed by atoms with Crippen LogP contribution in [0.2, 0.25) is 0 Å². The minimum Gasteiger partial charge on any atom is -0.493 e. The smallest absolute Gasteiger partial charge is 0.243 e. The number of unbranched alkanes of at least 4 members (excludes halogenated alkanes) is 1. The first kappa shape index (κ1) is 28.8. The van der Waals surface area contributed by atoms with Crippen molar-refractivity contribution in [2.45, 2.75) is 58.5 Å². The highest BCUT2D eigenvalue weighted by Crippen LogP contribution is 2.28. The molecule has 0 aliphatic heterocycles. The van der Waals surface area contributed by atoms with Gasteiger partial charge in [0.05, 0.1) is 14.2 Å². The van der Waals surface area contributed by atoms with Crippen molar-refractivity contribution >= 4 is 11.8 Å². The molecule has 1 atom stereocenters. The molecule has 202 valence electrons. The van der Waals surface area contributed by atoms with Crippen LogP contribution in [0.3, 0.4) is 0 Å². The van der Waals surface area contributed by atoms with Crippen LogP contribution in [0.1, 0.15) is 48.4 Å². The molecule has 3 rings (SSSR count). The van der Waals surface area contributed by atoms with Crippen molar-refractivity contribution in [2.24, 2.45) is 0 Å². The first-order valence-electron chi connectivity index (χ1n) is 13.3. The number of hydrogen-bond donors (Lipinski definition) is 1. The van der Waals surface area contributed by atoms with Gasteiger partial charge in [-0.2, -0.15) is 0 Å². The van der Waals surface area contributed by atoms with Crippen molar-refractivity contribution in [3.05, 3.63) is 95.1 Å². The third-order valence-electron chi connectivity index (χ3n) is 6.61. The number of nitrogens with zero attached hydrogens (tertiary/aromatic N) is 1. The Morgan fingerprint density at radius 2 is 1.61 bits per heavy atom. The molecule has 0 heterocycles. The quantitative estimate of drug-likeness (QED) is 0.287. The van der Waals surface area contributed by atoms with Crippen molar-refractivity contribution < 1.29 is 19.1 Å². The maximum absolute atomic E-state index is 13.8. The lowest BCUT2D eigenvalue weighted by Gasteiger charge is -2.32. The van der Waals surface area contributed by atoms with E-state index < -0.39 is 6.04 Å². The van der Waals surface area contributed by atoms with Gasteiger partial charge in [-0.1, -0.05) is 79.6 Å². The van der Waals surface area contributed by atoms with Gasteiger partial charge in [0.1, 0.15) is 6.04 Å². The Morgan fingerprint density at radius 1 is 0.868 bits per heavy atom. The fraction of sp³-hybridized carbons (Fsp3) is 0.375. The van der Waals surface area contributed by atoms with Gasteiger partial charge in [0.15, 0.2) is 11.5 Å². The summed E-state index contributed by atoms with van der Waals surface area (Å²) in [5.74, 6) is 1.10. The molecule has 0 saturated carbocycles. The Balaban J connectivity index is 1.89. The maximum Gasteiger partial charge on any atom is 0.243 e. The molecule has 3 aromatic rings. The second-order valence-electron chi connectivity index (χ2n) is 9.55. The molecular weight excluding hydrogens is 476 g/mol.